The van der Waals surface area contributed by atoms with Crippen molar-refractivity contribution in [2.75, 3.05) is 32.7 Å². The molecule has 2 aliphatic heterocycles. The molecule has 4 nitrogen and oxygen atoms in total. The van der Waals surface area contributed by atoms with Gasteiger partial charge >= 0.3 is 0 Å². The van der Waals surface area contributed by atoms with E-state index in [1.807, 2.05) is 77.7 Å². The van der Waals surface area contributed by atoms with Gasteiger partial charge in [0, 0.05) is 37.2 Å². The Morgan fingerprint density at radius 2 is 1.47 bits per heavy atom. The largest absolute Gasteiger partial charge is 0.385 e. The molecule has 1 unspecified atom stereocenters. The second-order valence-corrected chi connectivity index (χ2v) is 11.1. The molecule has 3 aromatic carbocycles. The molecule has 1 amide bonds. The fourth-order valence-corrected chi connectivity index (χ4v) is 6.07. The van der Waals surface area contributed by atoms with Crippen LogP contribution in [-0.4, -0.2) is 53.5 Å². The molecule has 0 saturated carbocycles. The molecular formula is C30H32Cl2N2O2. The molecule has 36 heavy (non-hydrogen) atoms. The van der Waals surface area contributed by atoms with Crippen molar-refractivity contribution in [3.8, 4) is 0 Å². The van der Waals surface area contributed by atoms with Gasteiger partial charge in [0.2, 0.25) is 0 Å². The summed E-state index contributed by atoms with van der Waals surface area (Å²) in [7, 11) is 0. The van der Waals surface area contributed by atoms with Crippen LogP contribution in [0.2, 0.25) is 10.0 Å². The van der Waals surface area contributed by atoms with E-state index in [9.17, 15) is 9.90 Å². The number of halogens is 2. The third-order valence-electron chi connectivity index (χ3n) is 8.09. The molecule has 1 N–H and O–H groups in total. The molecule has 188 valence electrons. The minimum Gasteiger partial charge on any atom is -0.385 e. The Morgan fingerprint density at radius 1 is 0.806 bits per heavy atom. The van der Waals surface area contributed by atoms with Crippen molar-refractivity contribution in [1.82, 2.24) is 9.80 Å². The number of hydrogen-bond acceptors (Lipinski definition) is 3. The van der Waals surface area contributed by atoms with Crippen molar-refractivity contribution in [2.45, 2.75) is 36.7 Å². The quantitative estimate of drug-likeness (QED) is 0.422. The number of aliphatic hydroxyl groups is 1. The molecule has 2 fully saturated rings. The highest BCUT2D eigenvalue weighted by atomic mass is 35.5. The minimum atomic E-state index is -0.759. The van der Waals surface area contributed by atoms with E-state index in [0.717, 1.165) is 62.0 Å². The summed E-state index contributed by atoms with van der Waals surface area (Å²) in [5.74, 6) is 0.0726. The van der Waals surface area contributed by atoms with E-state index in [0.29, 0.717) is 23.1 Å². The number of benzene rings is 3. The van der Waals surface area contributed by atoms with Crippen LogP contribution in [0, 0.1) is 0 Å². The summed E-state index contributed by atoms with van der Waals surface area (Å²) >= 11 is 12.7. The standard InChI is InChI=1S/C30H32Cl2N2O2/c31-26-12-11-25(21-27(26)32)29(14-20-34(22-29)28(35)23-7-3-1-4-8-23)13-17-33-18-15-30(36,16-19-33)24-9-5-2-6-10-24/h1-12,21,36H,13-20,22H2. The lowest BCUT2D eigenvalue weighted by molar-refractivity contribution is -0.0270. The van der Waals surface area contributed by atoms with E-state index in [2.05, 4.69) is 11.0 Å². The van der Waals surface area contributed by atoms with Crippen molar-refractivity contribution in [2.24, 2.45) is 0 Å². The zero-order valence-corrected chi connectivity index (χ0v) is 21.9. The van der Waals surface area contributed by atoms with Crippen LogP contribution in [0.15, 0.2) is 78.9 Å². The van der Waals surface area contributed by atoms with E-state index in [4.69, 9.17) is 23.2 Å². The van der Waals surface area contributed by atoms with Crippen LogP contribution in [-0.2, 0) is 11.0 Å². The molecule has 2 aliphatic rings. The first-order valence-corrected chi connectivity index (χ1v) is 13.4. The molecule has 2 saturated heterocycles. The van der Waals surface area contributed by atoms with Gasteiger partial charge in [-0.15, -0.1) is 0 Å². The number of carbonyl (C=O) groups is 1. The second kappa shape index (κ2) is 10.5. The van der Waals surface area contributed by atoms with Crippen LogP contribution >= 0.6 is 23.2 Å². The minimum absolute atomic E-state index is 0.0726. The average molecular weight is 524 g/mol. The molecular weight excluding hydrogens is 491 g/mol. The molecule has 3 aromatic rings. The number of piperidine rings is 1. The number of rotatable bonds is 6. The maximum absolute atomic E-state index is 13.2. The van der Waals surface area contributed by atoms with Crippen LogP contribution in [0.3, 0.4) is 0 Å². The maximum Gasteiger partial charge on any atom is 0.253 e. The monoisotopic (exact) mass is 522 g/mol. The topological polar surface area (TPSA) is 43.8 Å². The van der Waals surface area contributed by atoms with Gasteiger partial charge < -0.3 is 14.9 Å². The lowest BCUT2D eigenvalue weighted by atomic mass is 9.76. The molecule has 0 aromatic heterocycles. The molecule has 1 atom stereocenters. The average Bonchev–Trinajstić information content (AvgIpc) is 3.36. The highest BCUT2D eigenvalue weighted by Gasteiger charge is 2.42. The lowest BCUT2D eigenvalue weighted by Crippen LogP contribution is -2.44. The van der Waals surface area contributed by atoms with Gasteiger partial charge in [0.1, 0.15) is 0 Å². The van der Waals surface area contributed by atoms with Crippen LogP contribution in [0.25, 0.3) is 0 Å². The van der Waals surface area contributed by atoms with Crippen molar-refractivity contribution >= 4 is 29.1 Å². The van der Waals surface area contributed by atoms with Gasteiger partial charge in [-0.2, -0.15) is 0 Å². The van der Waals surface area contributed by atoms with Crippen LogP contribution in [0.1, 0.15) is 47.2 Å². The first kappa shape index (κ1) is 25.3. The number of likely N-dealkylation sites (tertiary alicyclic amines) is 2. The Bertz CT molecular complexity index is 1200. The Hall–Kier alpha value is -2.37. The van der Waals surface area contributed by atoms with Crippen LogP contribution in [0.5, 0.6) is 0 Å². The number of amides is 1. The first-order valence-electron chi connectivity index (χ1n) is 12.7. The van der Waals surface area contributed by atoms with E-state index in [-0.39, 0.29) is 11.3 Å². The van der Waals surface area contributed by atoms with E-state index in [1.165, 1.54) is 0 Å². The Morgan fingerprint density at radius 3 is 2.14 bits per heavy atom. The Kier molecular flexibility index (Phi) is 7.41. The normalized spacial score (nSPS) is 22.0. The lowest BCUT2D eigenvalue weighted by Gasteiger charge is -2.40. The molecule has 6 heteroatoms. The van der Waals surface area contributed by atoms with E-state index < -0.39 is 5.60 Å². The van der Waals surface area contributed by atoms with Crippen molar-refractivity contribution < 1.29 is 9.90 Å². The highest BCUT2D eigenvalue weighted by molar-refractivity contribution is 6.42. The van der Waals surface area contributed by atoms with Crippen LogP contribution in [0.4, 0.5) is 0 Å². The number of hydrogen-bond donors (Lipinski definition) is 1. The zero-order chi connectivity index (χ0) is 25.2. The van der Waals surface area contributed by atoms with Gasteiger partial charge in [-0.3, -0.25) is 4.79 Å². The molecule has 0 spiro atoms. The first-order chi connectivity index (χ1) is 17.4. The van der Waals surface area contributed by atoms with Gasteiger partial charge in [-0.05, 0) is 67.6 Å². The summed E-state index contributed by atoms with van der Waals surface area (Å²) in [4.78, 5) is 17.7. The molecule has 2 heterocycles. The molecule has 0 aliphatic carbocycles. The predicted molar refractivity (Wildman–Crippen MR) is 146 cm³/mol. The Labute approximate surface area is 223 Å². The molecule has 5 rings (SSSR count). The SMILES string of the molecule is O=C(c1ccccc1)N1CCC(CCN2CCC(O)(c3ccccc3)CC2)(c2ccc(Cl)c(Cl)c2)C1. The van der Waals surface area contributed by atoms with Gasteiger partial charge in [-0.1, -0.05) is 77.8 Å². The summed E-state index contributed by atoms with van der Waals surface area (Å²) in [5.41, 5.74) is 1.91. The zero-order valence-electron chi connectivity index (χ0n) is 20.4. The van der Waals surface area contributed by atoms with Crippen LogP contribution < -0.4 is 0 Å². The summed E-state index contributed by atoms with van der Waals surface area (Å²) in [6.07, 6.45) is 3.23. The molecule has 0 radical (unpaired) electrons. The third-order valence-corrected chi connectivity index (χ3v) is 8.83. The highest BCUT2D eigenvalue weighted by Crippen LogP contribution is 2.41. The van der Waals surface area contributed by atoms with Gasteiger partial charge in [0.05, 0.1) is 15.6 Å². The fraction of sp³-hybridized carbons (Fsp3) is 0.367. The fourth-order valence-electron chi connectivity index (χ4n) is 5.77. The molecule has 0 bridgehead atoms. The van der Waals surface area contributed by atoms with E-state index >= 15 is 0 Å². The smallest absolute Gasteiger partial charge is 0.253 e. The summed E-state index contributed by atoms with van der Waals surface area (Å²) in [6.45, 7) is 3.95. The van der Waals surface area contributed by atoms with Crippen molar-refractivity contribution in [3.05, 3.63) is 106 Å². The second-order valence-electron chi connectivity index (χ2n) is 10.2. The summed E-state index contributed by atoms with van der Waals surface area (Å²) < 4.78 is 0. The van der Waals surface area contributed by atoms with Crippen molar-refractivity contribution in [1.29, 1.82) is 0 Å². The van der Waals surface area contributed by atoms with Gasteiger partial charge in [-0.25, -0.2) is 0 Å². The summed E-state index contributed by atoms with van der Waals surface area (Å²) in [6, 6.07) is 25.4. The number of nitrogens with zero attached hydrogens (tertiary/aromatic N) is 2. The predicted octanol–water partition coefficient (Wildman–Crippen LogP) is 6.15. The van der Waals surface area contributed by atoms with E-state index in [1.54, 1.807) is 0 Å². The van der Waals surface area contributed by atoms with Crippen molar-refractivity contribution in [3.63, 3.8) is 0 Å². The maximum atomic E-state index is 13.2. The van der Waals surface area contributed by atoms with Gasteiger partial charge in [0.15, 0.2) is 0 Å². The summed E-state index contributed by atoms with van der Waals surface area (Å²) in [5, 5.41) is 12.3. The third kappa shape index (κ3) is 5.19. The van der Waals surface area contributed by atoms with Gasteiger partial charge in [0.25, 0.3) is 5.91 Å². The number of carbonyl (C=O) groups excluding carboxylic acids is 1. The Balaban J connectivity index is 1.31.